The summed E-state index contributed by atoms with van der Waals surface area (Å²) in [6, 6.07) is 7.49. The van der Waals surface area contributed by atoms with Crippen LogP contribution in [0.2, 0.25) is 0 Å². The lowest BCUT2D eigenvalue weighted by atomic mass is 9.90. The van der Waals surface area contributed by atoms with Gasteiger partial charge in [0.25, 0.3) is 5.91 Å². The molecular formula is C15H17BrN2O3. The monoisotopic (exact) mass is 352 g/mol. The Bertz CT molecular complexity index is 691. The number of carboxylic acid groups (broad SMARTS) is 1. The quantitative estimate of drug-likeness (QED) is 0.772. The molecule has 1 heterocycles. The van der Waals surface area contributed by atoms with Gasteiger partial charge in [-0.15, -0.1) is 0 Å². The number of aromatic amines is 1. The fourth-order valence-electron chi connectivity index (χ4n) is 1.92. The van der Waals surface area contributed by atoms with E-state index in [4.69, 9.17) is 5.11 Å². The Hall–Kier alpha value is -1.82. The van der Waals surface area contributed by atoms with Gasteiger partial charge < -0.3 is 15.4 Å². The lowest BCUT2D eigenvalue weighted by Gasteiger charge is -2.18. The molecule has 5 nitrogen and oxygen atoms in total. The lowest BCUT2D eigenvalue weighted by molar-refractivity contribution is -0.147. The molecule has 0 saturated heterocycles. The number of carbonyl (C=O) groups excluding carboxylic acids is 1. The average molecular weight is 353 g/mol. The number of fused-ring (bicyclic) bond motifs is 1. The van der Waals surface area contributed by atoms with E-state index in [0.29, 0.717) is 18.7 Å². The van der Waals surface area contributed by atoms with Gasteiger partial charge in [-0.25, -0.2) is 0 Å². The van der Waals surface area contributed by atoms with Crippen molar-refractivity contribution in [2.75, 3.05) is 6.54 Å². The molecule has 0 bridgehead atoms. The van der Waals surface area contributed by atoms with Gasteiger partial charge in [-0.1, -0.05) is 15.9 Å². The third kappa shape index (κ3) is 3.64. The Morgan fingerprint density at radius 1 is 1.33 bits per heavy atom. The Morgan fingerprint density at radius 3 is 2.71 bits per heavy atom. The molecular weight excluding hydrogens is 336 g/mol. The van der Waals surface area contributed by atoms with E-state index in [0.717, 1.165) is 15.4 Å². The first-order valence-corrected chi connectivity index (χ1v) is 7.39. The van der Waals surface area contributed by atoms with Crippen molar-refractivity contribution in [2.24, 2.45) is 5.41 Å². The maximum atomic E-state index is 12.1. The topological polar surface area (TPSA) is 82.2 Å². The van der Waals surface area contributed by atoms with Gasteiger partial charge in [0.1, 0.15) is 5.69 Å². The highest BCUT2D eigenvalue weighted by Crippen LogP contribution is 2.21. The maximum Gasteiger partial charge on any atom is 0.309 e. The molecule has 0 saturated carbocycles. The lowest BCUT2D eigenvalue weighted by Crippen LogP contribution is -2.32. The predicted molar refractivity (Wildman–Crippen MR) is 84.4 cm³/mol. The molecule has 3 N–H and O–H groups in total. The molecule has 0 fully saturated rings. The average Bonchev–Trinajstić information content (AvgIpc) is 2.81. The molecule has 112 valence electrons. The first-order valence-electron chi connectivity index (χ1n) is 6.59. The van der Waals surface area contributed by atoms with E-state index >= 15 is 0 Å². The second kappa shape index (κ2) is 5.89. The van der Waals surface area contributed by atoms with Gasteiger partial charge in [-0.05, 0) is 44.5 Å². The molecule has 1 aromatic carbocycles. The minimum absolute atomic E-state index is 0.233. The van der Waals surface area contributed by atoms with Gasteiger partial charge in [-0.2, -0.15) is 0 Å². The maximum absolute atomic E-state index is 12.1. The molecule has 21 heavy (non-hydrogen) atoms. The fraction of sp³-hybridized carbons (Fsp3) is 0.333. The normalized spacial score (nSPS) is 11.6. The van der Waals surface area contributed by atoms with E-state index < -0.39 is 11.4 Å². The first-order chi connectivity index (χ1) is 9.79. The summed E-state index contributed by atoms with van der Waals surface area (Å²) in [4.78, 5) is 26.1. The fourth-order valence-corrected chi connectivity index (χ4v) is 2.30. The number of rotatable bonds is 5. The molecule has 0 radical (unpaired) electrons. The van der Waals surface area contributed by atoms with Gasteiger partial charge in [0, 0.05) is 21.9 Å². The standard InChI is InChI=1S/C15H17BrN2O3/c1-15(2,14(20)21)5-6-17-13(19)12-8-9-7-10(16)3-4-11(9)18-12/h3-4,7-8,18H,5-6H2,1-2H3,(H,17,19)(H,20,21). The van der Waals surface area contributed by atoms with Crippen LogP contribution in [0.3, 0.4) is 0 Å². The highest BCUT2D eigenvalue weighted by atomic mass is 79.9. The minimum Gasteiger partial charge on any atom is -0.481 e. The zero-order valence-electron chi connectivity index (χ0n) is 11.9. The van der Waals surface area contributed by atoms with Crippen molar-refractivity contribution < 1.29 is 14.7 Å². The minimum atomic E-state index is -0.868. The third-order valence-corrected chi connectivity index (χ3v) is 3.94. The molecule has 0 aliphatic rings. The molecule has 0 spiro atoms. The van der Waals surface area contributed by atoms with E-state index in [9.17, 15) is 9.59 Å². The first kappa shape index (κ1) is 15.6. The van der Waals surface area contributed by atoms with Gasteiger partial charge in [0.2, 0.25) is 0 Å². The number of nitrogens with one attached hydrogen (secondary N) is 2. The summed E-state index contributed by atoms with van der Waals surface area (Å²) in [5.74, 6) is -1.10. The van der Waals surface area contributed by atoms with Crippen LogP contribution in [0, 0.1) is 5.41 Å². The Balaban J connectivity index is 2.01. The van der Waals surface area contributed by atoms with Gasteiger partial charge in [0.15, 0.2) is 0 Å². The summed E-state index contributed by atoms with van der Waals surface area (Å²) in [5, 5.41) is 12.7. The number of hydrogen-bond acceptors (Lipinski definition) is 2. The molecule has 6 heteroatoms. The van der Waals surface area contributed by atoms with Crippen LogP contribution < -0.4 is 5.32 Å². The number of aliphatic carboxylic acids is 1. The highest BCUT2D eigenvalue weighted by Gasteiger charge is 2.26. The number of benzene rings is 1. The number of H-pyrrole nitrogens is 1. The van der Waals surface area contributed by atoms with Crippen LogP contribution in [0.15, 0.2) is 28.7 Å². The number of carboxylic acids is 1. The van der Waals surface area contributed by atoms with Crippen molar-refractivity contribution in [3.63, 3.8) is 0 Å². The third-order valence-electron chi connectivity index (χ3n) is 3.44. The zero-order valence-corrected chi connectivity index (χ0v) is 13.5. The predicted octanol–water partition coefficient (Wildman–Crippen LogP) is 3.16. The number of halogens is 1. The summed E-state index contributed by atoms with van der Waals surface area (Å²) >= 11 is 3.39. The van der Waals surface area contributed by atoms with Crippen molar-refractivity contribution in [2.45, 2.75) is 20.3 Å². The van der Waals surface area contributed by atoms with Gasteiger partial charge in [-0.3, -0.25) is 9.59 Å². The SMILES string of the molecule is CC(C)(CCNC(=O)c1cc2cc(Br)ccc2[nH]1)C(=O)O. The number of amides is 1. The smallest absolute Gasteiger partial charge is 0.309 e. The Labute approximate surface area is 130 Å². The molecule has 2 aromatic rings. The van der Waals surface area contributed by atoms with E-state index in [2.05, 4.69) is 26.2 Å². The molecule has 0 aliphatic heterocycles. The van der Waals surface area contributed by atoms with Gasteiger partial charge >= 0.3 is 5.97 Å². The van der Waals surface area contributed by atoms with E-state index in [1.807, 2.05) is 18.2 Å². The number of aromatic nitrogens is 1. The molecule has 1 aromatic heterocycles. The van der Waals surface area contributed by atoms with Crippen LogP contribution in [0.5, 0.6) is 0 Å². The number of hydrogen-bond donors (Lipinski definition) is 3. The second-order valence-corrected chi connectivity index (χ2v) is 6.53. The van der Waals surface area contributed by atoms with Gasteiger partial charge in [0.05, 0.1) is 5.41 Å². The van der Waals surface area contributed by atoms with Crippen molar-refractivity contribution >= 4 is 38.7 Å². The molecule has 0 aliphatic carbocycles. The molecule has 0 atom stereocenters. The summed E-state index contributed by atoms with van der Waals surface area (Å²) in [5.41, 5.74) is 0.504. The van der Waals surface area contributed by atoms with E-state index in [1.54, 1.807) is 19.9 Å². The second-order valence-electron chi connectivity index (χ2n) is 5.61. The van der Waals surface area contributed by atoms with Crippen molar-refractivity contribution in [3.05, 3.63) is 34.4 Å². The van der Waals surface area contributed by atoms with Crippen LogP contribution >= 0.6 is 15.9 Å². The van der Waals surface area contributed by atoms with Crippen LogP contribution in [-0.4, -0.2) is 28.5 Å². The van der Waals surface area contributed by atoms with E-state index in [-0.39, 0.29) is 5.91 Å². The molecule has 1 amide bonds. The van der Waals surface area contributed by atoms with Crippen LogP contribution in [0.4, 0.5) is 0 Å². The summed E-state index contributed by atoms with van der Waals surface area (Å²) < 4.78 is 0.948. The van der Waals surface area contributed by atoms with Crippen LogP contribution in [-0.2, 0) is 4.79 Å². The Morgan fingerprint density at radius 2 is 2.05 bits per heavy atom. The molecule has 0 unspecified atom stereocenters. The van der Waals surface area contributed by atoms with Crippen molar-refractivity contribution in [1.29, 1.82) is 0 Å². The van der Waals surface area contributed by atoms with Crippen LogP contribution in [0.25, 0.3) is 10.9 Å². The van der Waals surface area contributed by atoms with Crippen molar-refractivity contribution in [3.8, 4) is 0 Å². The summed E-state index contributed by atoms with van der Waals surface area (Å²) in [6.07, 6.45) is 0.375. The summed E-state index contributed by atoms with van der Waals surface area (Å²) in [6.45, 7) is 3.60. The summed E-state index contributed by atoms with van der Waals surface area (Å²) in [7, 11) is 0. The van der Waals surface area contributed by atoms with E-state index in [1.165, 1.54) is 0 Å². The Kier molecular flexibility index (Phi) is 4.37. The molecule has 2 rings (SSSR count). The van der Waals surface area contributed by atoms with Crippen molar-refractivity contribution in [1.82, 2.24) is 10.3 Å². The van der Waals surface area contributed by atoms with Crippen LogP contribution in [0.1, 0.15) is 30.8 Å². The zero-order chi connectivity index (χ0) is 15.6. The largest absolute Gasteiger partial charge is 0.481 e. The number of carbonyl (C=O) groups is 2. The highest BCUT2D eigenvalue weighted by molar-refractivity contribution is 9.10.